The molecule has 192 valence electrons. The standard InChI is InChI=1S/C27H32N2O5S2/c1-5-33-26-11-7-6-10-24(26)29(36(31,32)23-15-13-22(35-4)14-16-23)19-27(30)28-17-18-34-25-12-8-9-20(2)21(25)3/h6-16H,5,17-19H2,1-4H3,(H,28,30). The fourth-order valence-corrected chi connectivity index (χ4v) is 5.37. The third kappa shape index (κ3) is 6.73. The molecule has 0 saturated carbocycles. The van der Waals surface area contributed by atoms with E-state index in [4.69, 9.17) is 9.47 Å². The number of sulfonamides is 1. The minimum absolute atomic E-state index is 0.0951. The van der Waals surface area contributed by atoms with E-state index in [0.29, 0.717) is 18.0 Å². The van der Waals surface area contributed by atoms with Gasteiger partial charge in [-0.1, -0.05) is 24.3 Å². The molecule has 3 aromatic carbocycles. The maximum atomic E-state index is 13.7. The van der Waals surface area contributed by atoms with Crippen molar-refractivity contribution >= 4 is 33.4 Å². The highest BCUT2D eigenvalue weighted by Crippen LogP contribution is 2.33. The molecule has 0 fully saturated rings. The number of nitrogens with zero attached hydrogens (tertiary/aromatic N) is 1. The average Bonchev–Trinajstić information content (AvgIpc) is 2.88. The van der Waals surface area contributed by atoms with Crippen LogP contribution < -0.4 is 19.1 Å². The summed E-state index contributed by atoms with van der Waals surface area (Å²) in [5.41, 5.74) is 2.46. The molecular formula is C27H32N2O5S2. The summed E-state index contributed by atoms with van der Waals surface area (Å²) in [6.45, 7) is 6.25. The van der Waals surface area contributed by atoms with Crippen LogP contribution in [0.5, 0.6) is 11.5 Å². The predicted molar refractivity (Wildman–Crippen MR) is 145 cm³/mol. The van der Waals surface area contributed by atoms with E-state index in [-0.39, 0.29) is 18.0 Å². The van der Waals surface area contributed by atoms with Gasteiger partial charge in [-0.25, -0.2) is 8.42 Å². The molecule has 0 aliphatic rings. The largest absolute Gasteiger partial charge is 0.492 e. The Morgan fingerprint density at radius 1 is 0.944 bits per heavy atom. The molecule has 7 nitrogen and oxygen atoms in total. The van der Waals surface area contributed by atoms with E-state index >= 15 is 0 Å². The summed E-state index contributed by atoms with van der Waals surface area (Å²) < 4.78 is 39.9. The van der Waals surface area contributed by atoms with Crippen molar-refractivity contribution in [1.82, 2.24) is 5.32 Å². The quantitative estimate of drug-likeness (QED) is 0.268. The van der Waals surface area contributed by atoms with Crippen molar-refractivity contribution in [2.75, 3.05) is 36.9 Å². The van der Waals surface area contributed by atoms with Gasteiger partial charge < -0.3 is 14.8 Å². The highest BCUT2D eigenvalue weighted by molar-refractivity contribution is 7.98. The normalized spacial score (nSPS) is 11.1. The summed E-state index contributed by atoms with van der Waals surface area (Å²) in [5, 5.41) is 2.77. The van der Waals surface area contributed by atoms with Crippen LogP contribution in [-0.4, -0.2) is 46.9 Å². The van der Waals surface area contributed by atoms with Crippen LogP contribution in [0.3, 0.4) is 0 Å². The highest BCUT2D eigenvalue weighted by Gasteiger charge is 2.29. The molecule has 0 aromatic heterocycles. The van der Waals surface area contributed by atoms with Crippen LogP contribution >= 0.6 is 11.8 Å². The zero-order chi connectivity index (χ0) is 26.1. The third-order valence-electron chi connectivity index (χ3n) is 5.61. The van der Waals surface area contributed by atoms with Gasteiger partial charge >= 0.3 is 0 Å². The number of carbonyl (C=O) groups is 1. The molecule has 0 radical (unpaired) electrons. The molecule has 0 aliphatic heterocycles. The van der Waals surface area contributed by atoms with Crippen LogP contribution in [0, 0.1) is 13.8 Å². The van der Waals surface area contributed by atoms with Gasteiger partial charge in [-0.3, -0.25) is 9.10 Å². The Kier molecular flexibility index (Phi) is 9.66. The second-order valence-corrected chi connectivity index (χ2v) is 10.7. The zero-order valence-corrected chi connectivity index (χ0v) is 22.6. The number of anilines is 1. The highest BCUT2D eigenvalue weighted by atomic mass is 32.2. The number of nitrogens with one attached hydrogen (secondary N) is 1. The van der Waals surface area contributed by atoms with Crippen LogP contribution in [0.4, 0.5) is 5.69 Å². The van der Waals surface area contributed by atoms with Crippen LogP contribution in [-0.2, 0) is 14.8 Å². The Morgan fingerprint density at radius 3 is 2.33 bits per heavy atom. The summed E-state index contributed by atoms with van der Waals surface area (Å²) in [4.78, 5) is 13.9. The molecule has 0 bridgehead atoms. The van der Waals surface area contributed by atoms with Crippen molar-refractivity contribution < 1.29 is 22.7 Å². The molecule has 0 spiro atoms. The zero-order valence-electron chi connectivity index (χ0n) is 21.0. The number of amides is 1. The Bertz CT molecular complexity index is 1280. The van der Waals surface area contributed by atoms with Crippen molar-refractivity contribution in [3.63, 3.8) is 0 Å². The molecular weight excluding hydrogens is 496 g/mol. The van der Waals surface area contributed by atoms with E-state index in [0.717, 1.165) is 26.1 Å². The number of aryl methyl sites for hydroxylation is 1. The van der Waals surface area contributed by atoms with E-state index in [1.165, 1.54) is 11.8 Å². The van der Waals surface area contributed by atoms with Crippen molar-refractivity contribution in [2.24, 2.45) is 0 Å². The van der Waals surface area contributed by atoms with E-state index in [1.54, 1.807) is 48.5 Å². The smallest absolute Gasteiger partial charge is 0.264 e. The summed E-state index contributed by atoms with van der Waals surface area (Å²) in [6.07, 6.45) is 1.92. The number of benzene rings is 3. The lowest BCUT2D eigenvalue weighted by atomic mass is 10.1. The average molecular weight is 529 g/mol. The van der Waals surface area contributed by atoms with Gasteiger partial charge in [0.25, 0.3) is 10.0 Å². The summed E-state index contributed by atoms with van der Waals surface area (Å²) in [6, 6.07) is 19.2. The molecule has 36 heavy (non-hydrogen) atoms. The van der Waals surface area contributed by atoms with Gasteiger partial charge in [0.05, 0.1) is 23.7 Å². The lowest BCUT2D eigenvalue weighted by molar-refractivity contribution is -0.119. The van der Waals surface area contributed by atoms with Gasteiger partial charge in [-0.2, -0.15) is 0 Å². The number of rotatable bonds is 12. The first-order valence-electron chi connectivity index (χ1n) is 11.6. The summed E-state index contributed by atoms with van der Waals surface area (Å²) in [7, 11) is -4.05. The summed E-state index contributed by atoms with van der Waals surface area (Å²) in [5.74, 6) is 0.693. The van der Waals surface area contributed by atoms with Crippen LogP contribution in [0.2, 0.25) is 0 Å². The van der Waals surface area contributed by atoms with Crippen LogP contribution in [0.1, 0.15) is 18.1 Å². The molecule has 9 heteroatoms. The van der Waals surface area contributed by atoms with Gasteiger partial charge in [0.15, 0.2) is 0 Å². The van der Waals surface area contributed by atoms with Crippen molar-refractivity contribution in [3.8, 4) is 11.5 Å². The van der Waals surface area contributed by atoms with E-state index < -0.39 is 22.5 Å². The number of carbonyl (C=O) groups excluding carboxylic acids is 1. The molecule has 0 atom stereocenters. The molecule has 0 aliphatic carbocycles. The van der Waals surface area contributed by atoms with Gasteiger partial charge in [0.1, 0.15) is 24.7 Å². The Labute approximate surface area is 217 Å². The molecule has 0 unspecified atom stereocenters. The van der Waals surface area contributed by atoms with E-state index in [2.05, 4.69) is 5.32 Å². The van der Waals surface area contributed by atoms with Gasteiger partial charge in [0, 0.05) is 4.90 Å². The Morgan fingerprint density at radius 2 is 1.64 bits per heavy atom. The fourth-order valence-electron chi connectivity index (χ4n) is 3.53. The lowest BCUT2D eigenvalue weighted by Gasteiger charge is -2.26. The van der Waals surface area contributed by atoms with Gasteiger partial charge in [-0.05, 0) is 80.6 Å². The Balaban J connectivity index is 1.78. The second kappa shape index (κ2) is 12.7. The number of ether oxygens (including phenoxy) is 2. The van der Waals surface area contributed by atoms with E-state index in [1.807, 2.05) is 45.2 Å². The Hall–Kier alpha value is -3.17. The molecule has 1 amide bonds. The predicted octanol–water partition coefficient (Wildman–Crippen LogP) is 4.81. The molecule has 0 saturated heterocycles. The molecule has 3 rings (SSSR count). The van der Waals surface area contributed by atoms with Gasteiger partial charge in [-0.15, -0.1) is 11.8 Å². The molecule has 1 N–H and O–H groups in total. The minimum Gasteiger partial charge on any atom is -0.492 e. The van der Waals surface area contributed by atoms with Crippen LogP contribution in [0.15, 0.2) is 76.5 Å². The van der Waals surface area contributed by atoms with Gasteiger partial charge in [0.2, 0.25) is 5.91 Å². The first-order chi connectivity index (χ1) is 17.3. The number of hydrogen-bond donors (Lipinski definition) is 1. The molecule has 0 heterocycles. The van der Waals surface area contributed by atoms with Crippen molar-refractivity contribution in [2.45, 2.75) is 30.6 Å². The SMILES string of the molecule is CCOc1ccccc1N(CC(=O)NCCOc1cccc(C)c1C)S(=O)(=O)c1ccc(SC)cc1. The number of para-hydroxylation sites is 2. The topological polar surface area (TPSA) is 84.9 Å². The first kappa shape index (κ1) is 27.4. The fraction of sp³-hybridized carbons (Fsp3) is 0.296. The third-order valence-corrected chi connectivity index (χ3v) is 8.12. The lowest BCUT2D eigenvalue weighted by Crippen LogP contribution is -2.42. The number of thioether (sulfide) groups is 1. The van der Waals surface area contributed by atoms with E-state index in [9.17, 15) is 13.2 Å². The minimum atomic E-state index is -4.05. The maximum absolute atomic E-state index is 13.7. The second-order valence-electron chi connectivity index (χ2n) is 7.98. The van der Waals surface area contributed by atoms with Crippen LogP contribution in [0.25, 0.3) is 0 Å². The summed E-state index contributed by atoms with van der Waals surface area (Å²) >= 11 is 1.52. The van der Waals surface area contributed by atoms with Crippen molar-refractivity contribution in [1.29, 1.82) is 0 Å². The van der Waals surface area contributed by atoms with Crippen molar-refractivity contribution in [3.05, 3.63) is 77.9 Å². The number of hydrogen-bond acceptors (Lipinski definition) is 6. The maximum Gasteiger partial charge on any atom is 0.264 e. The molecule has 3 aromatic rings. The monoisotopic (exact) mass is 528 g/mol. The first-order valence-corrected chi connectivity index (χ1v) is 14.3.